The van der Waals surface area contributed by atoms with Crippen molar-refractivity contribution >= 4 is 17.1 Å². The summed E-state index contributed by atoms with van der Waals surface area (Å²) >= 11 is 0. The van der Waals surface area contributed by atoms with Crippen molar-refractivity contribution in [3.63, 3.8) is 0 Å². The number of hydrogen-bond acceptors (Lipinski definition) is 4. The van der Waals surface area contributed by atoms with Crippen LogP contribution in [0.4, 0.5) is 5.95 Å². The molecule has 0 fully saturated rings. The van der Waals surface area contributed by atoms with Crippen molar-refractivity contribution in [2.75, 3.05) is 5.73 Å². The topological polar surface area (TPSA) is 69.6 Å². The fraction of sp³-hybridized carbons (Fsp3) is 0.545. The van der Waals surface area contributed by atoms with Crippen molar-refractivity contribution in [3.05, 3.63) is 12.5 Å². The lowest BCUT2D eigenvalue weighted by molar-refractivity contribution is 0.305. The Bertz CT molecular complexity index is 498. The maximum Gasteiger partial charge on any atom is 0.203 e. The highest BCUT2D eigenvalue weighted by molar-refractivity contribution is 5.73. The van der Waals surface area contributed by atoms with Crippen molar-refractivity contribution in [3.8, 4) is 0 Å². The summed E-state index contributed by atoms with van der Waals surface area (Å²) in [7, 11) is 0. The summed E-state index contributed by atoms with van der Waals surface area (Å²) in [5, 5.41) is 0. The second kappa shape index (κ2) is 3.73. The molecule has 0 bridgehead atoms. The van der Waals surface area contributed by atoms with Crippen LogP contribution in [0.1, 0.15) is 33.6 Å². The summed E-state index contributed by atoms with van der Waals surface area (Å²) in [6, 6.07) is 0. The first kappa shape index (κ1) is 10.9. The van der Waals surface area contributed by atoms with Crippen LogP contribution in [0.5, 0.6) is 0 Å². The Labute approximate surface area is 94.7 Å². The second-order valence-corrected chi connectivity index (χ2v) is 4.24. The van der Waals surface area contributed by atoms with Crippen LogP contribution in [0.25, 0.3) is 11.2 Å². The van der Waals surface area contributed by atoms with E-state index in [0.29, 0.717) is 5.95 Å². The quantitative estimate of drug-likeness (QED) is 0.856. The number of aromatic nitrogens is 4. The van der Waals surface area contributed by atoms with E-state index in [-0.39, 0.29) is 5.54 Å². The summed E-state index contributed by atoms with van der Waals surface area (Å²) in [6.45, 7) is 6.47. The molecule has 0 saturated heterocycles. The molecule has 2 heterocycles. The van der Waals surface area contributed by atoms with Crippen molar-refractivity contribution in [2.24, 2.45) is 0 Å². The number of hydrogen-bond donors (Lipinski definition) is 1. The van der Waals surface area contributed by atoms with E-state index in [1.807, 2.05) is 4.57 Å². The Morgan fingerprint density at radius 2 is 2.06 bits per heavy atom. The molecule has 5 nitrogen and oxygen atoms in total. The minimum Gasteiger partial charge on any atom is -0.369 e. The zero-order valence-electron chi connectivity index (χ0n) is 9.94. The van der Waals surface area contributed by atoms with Gasteiger partial charge < -0.3 is 5.73 Å². The minimum absolute atomic E-state index is 0.0345. The van der Waals surface area contributed by atoms with E-state index < -0.39 is 0 Å². The van der Waals surface area contributed by atoms with Crippen LogP contribution in [0.15, 0.2) is 12.5 Å². The molecule has 0 atom stereocenters. The Morgan fingerprint density at radius 3 is 2.69 bits per heavy atom. The maximum absolute atomic E-state index is 5.97. The zero-order valence-corrected chi connectivity index (χ0v) is 9.94. The Hall–Kier alpha value is -1.65. The maximum atomic E-state index is 5.97. The van der Waals surface area contributed by atoms with Crippen molar-refractivity contribution in [1.29, 1.82) is 0 Å². The molecule has 2 rings (SSSR count). The minimum atomic E-state index is -0.0345. The lowest BCUT2D eigenvalue weighted by Gasteiger charge is -2.29. The van der Waals surface area contributed by atoms with E-state index in [1.165, 1.54) is 6.33 Å². The highest BCUT2D eigenvalue weighted by Gasteiger charge is 2.27. The molecule has 0 aliphatic carbocycles. The summed E-state index contributed by atoms with van der Waals surface area (Å²) < 4.78 is 2.02. The highest BCUT2D eigenvalue weighted by atomic mass is 15.2. The Morgan fingerprint density at radius 1 is 1.38 bits per heavy atom. The largest absolute Gasteiger partial charge is 0.369 e. The average Bonchev–Trinajstić information content (AvgIpc) is 2.64. The molecule has 0 spiro atoms. The predicted molar refractivity (Wildman–Crippen MR) is 64.0 cm³/mol. The van der Waals surface area contributed by atoms with Gasteiger partial charge in [-0.25, -0.2) is 15.0 Å². The van der Waals surface area contributed by atoms with Gasteiger partial charge in [-0.1, -0.05) is 13.8 Å². The van der Waals surface area contributed by atoms with E-state index in [2.05, 4.69) is 35.7 Å². The number of nitrogens with two attached hydrogens (primary N) is 1. The number of nitrogens with zero attached hydrogens (tertiary/aromatic N) is 4. The summed E-state index contributed by atoms with van der Waals surface area (Å²) in [5.41, 5.74) is 7.52. The lowest BCUT2D eigenvalue weighted by atomic mass is 9.95. The molecule has 0 amide bonds. The monoisotopic (exact) mass is 219 g/mol. The van der Waals surface area contributed by atoms with Crippen LogP contribution in [0.2, 0.25) is 0 Å². The van der Waals surface area contributed by atoms with Crippen LogP contribution >= 0.6 is 0 Å². The van der Waals surface area contributed by atoms with Gasteiger partial charge in [0.1, 0.15) is 11.8 Å². The van der Waals surface area contributed by atoms with E-state index >= 15 is 0 Å². The molecule has 0 radical (unpaired) electrons. The average molecular weight is 219 g/mol. The standard InChI is InChI=1S/C11H17N5/c1-4-11(3,5-2)16-9-8(15-10(16)12)6-13-7-14-9/h6-7H,4-5H2,1-3H3,(H2,12,15). The normalized spacial score (nSPS) is 12.2. The number of anilines is 1. The predicted octanol–water partition coefficient (Wildman–Crippen LogP) is 1.94. The first-order chi connectivity index (χ1) is 7.62. The molecule has 2 N–H and O–H groups in total. The molecule has 0 aliphatic rings. The number of imidazole rings is 1. The Kier molecular flexibility index (Phi) is 2.53. The van der Waals surface area contributed by atoms with Gasteiger partial charge in [0.2, 0.25) is 5.95 Å². The van der Waals surface area contributed by atoms with Crippen LogP contribution in [0.3, 0.4) is 0 Å². The lowest BCUT2D eigenvalue weighted by Crippen LogP contribution is -2.29. The first-order valence-electron chi connectivity index (χ1n) is 5.56. The van der Waals surface area contributed by atoms with Gasteiger partial charge in [0.15, 0.2) is 5.65 Å². The van der Waals surface area contributed by atoms with E-state index in [1.54, 1.807) is 6.20 Å². The van der Waals surface area contributed by atoms with Crippen LogP contribution < -0.4 is 5.73 Å². The number of nitrogen functional groups attached to an aromatic ring is 1. The van der Waals surface area contributed by atoms with Crippen LogP contribution in [-0.2, 0) is 5.54 Å². The van der Waals surface area contributed by atoms with E-state index in [9.17, 15) is 0 Å². The molecular weight excluding hydrogens is 202 g/mol. The van der Waals surface area contributed by atoms with Gasteiger partial charge in [-0.2, -0.15) is 0 Å². The van der Waals surface area contributed by atoms with Gasteiger partial charge in [0.25, 0.3) is 0 Å². The molecule has 0 saturated carbocycles. The Balaban J connectivity index is 2.72. The first-order valence-corrected chi connectivity index (χ1v) is 5.56. The number of fused-ring (bicyclic) bond motifs is 1. The van der Waals surface area contributed by atoms with Gasteiger partial charge >= 0.3 is 0 Å². The van der Waals surface area contributed by atoms with Crippen molar-refractivity contribution < 1.29 is 0 Å². The van der Waals surface area contributed by atoms with Gasteiger partial charge in [-0.05, 0) is 19.8 Å². The molecule has 0 aliphatic heterocycles. The van der Waals surface area contributed by atoms with Crippen molar-refractivity contribution in [1.82, 2.24) is 19.5 Å². The second-order valence-electron chi connectivity index (χ2n) is 4.24. The summed E-state index contributed by atoms with van der Waals surface area (Å²) in [5.74, 6) is 0.515. The summed E-state index contributed by atoms with van der Waals surface area (Å²) in [4.78, 5) is 12.5. The fourth-order valence-electron chi connectivity index (χ4n) is 1.95. The van der Waals surface area contributed by atoms with Gasteiger partial charge in [0.05, 0.1) is 6.20 Å². The SMILES string of the molecule is CCC(C)(CC)n1c(N)nc2cncnc21. The van der Waals surface area contributed by atoms with Gasteiger partial charge in [-0.15, -0.1) is 0 Å². The third-order valence-electron chi connectivity index (χ3n) is 3.41. The number of rotatable bonds is 3. The molecule has 86 valence electrons. The molecule has 5 heteroatoms. The van der Waals surface area contributed by atoms with E-state index in [0.717, 1.165) is 24.0 Å². The zero-order chi connectivity index (χ0) is 11.8. The van der Waals surface area contributed by atoms with Crippen LogP contribution in [-0.4, -0.2) is 19.5 Å². The fourth-order valence-corrected chi connectivity index (χ4v) is 1.95. The molecule has 0 unspecified atom stereocenters. The molecule has 2 aromatic heterocycles. The molecule has 2 aromatic rings. The highest BCUT2D eigenvalue weighted by Crippen LogP contribution is 2.30. The molecular formula is C11H17N5. The molecule has 16 heavy (non-hydrogen) atoms. The van der Waals surface area contributed by atoms with E-state index in [4.69, 9.17) is 5.73 Å². The van der Waals surface area contributed by atoms with Crippen LogP contribution in [0, 0.1) is 0 Å². The van der Waals surface area contributed by atoms with Gasteiger partial charge in [0, 0.05) is 5.54 Å². The van der Waals surface area contributed by atoms with Crippen molar-refractivity contribution in [2.45, 2.75) is 39.2 Å². The smallest absolute Gasteiger partial charge is 0.203 e. The third kappa shape index (κ3) is 1.43. The molecule has 0 aromatic carbocycles. The summed E-state index contributed by atoms with van der Waals surface area (Å²) in [6.07, 6.45) is 5.21. The third-order valence-corrected chi connectivity index (χ3v) is 3.41. The van der Waals surface area contributed by atoms with Gasteiger partial charge in [-0.3, -0.25) is 4.57 Å².